The summed E-state index contributed by atoms with van der Waals surface area (Å²) in [5.41, 5.74) is 1.74. The van der Waals surface area contributed by atoms with Gasteiger partial charge in [-0.15, -0.1) is 0 Å². The molecular weight excluding hydrogens is 232 g/mol. The SMILES string of the molecule is COCC(Nc1cc(C)cc([N+](=O)[O-])c1)C(C)C. The largest absolute Gasteiger partial charge is 0.383 e. The Hall–Kier alpha value is -1.62. The van der Waals surface area contributed by atoms with E-state index in [4.69, 9.17) is 4.74 Å². The molecule has 0 bridgehead atoms. The number of methoxy groups -OCH3 is 1. The van der Waals surface area contributed by atoms with Gasteiger partial charge in [0, 0.05) is 24.9 Å². The summed E-state index contributed by atoms with van der Waals surface area (Å²) < 4.78 is 5.15. The summed E-state index contributed by atoms with van der Waals surface area (Å²) in [6.07, 6.45) is 0. The summed E-state index contributed by atoms with van der Waals surface area (Å²) in [4.78, 5) is 10.4. The molecule has 0 saturated carbocycles. The number of non-ortho nitro benzene ring substituents is 1. The summed E-state index contributed by atoms with van der Waals surface area (Å²) in [7, 11) is 1.65. The van der Waals surface area contributed by atoms with Crippen LogP contribution in [0, 0.1) is 23.0 Å². The number of hydrogen-bond donors (Lipinski definition) is 1. The van der Waals surface area contributed by atoms with Crippen molar-refractivity contribution in [3.8, 4) is 0 Å². The van der Waals surface area contributed by atoms with Crippen molar-refractivity contribution < 1.29 is 9.66 Å². The highest BCUT2D eigenvalue weighted by molar-refractivity contribution is 5.54. The molecular formula is C13H20N2O3. The van der Waals surface area contributed by atoms with Gasteiger partial charge in [0.25, 0.3) is 5.69 Å². The minimum absolute atomic E-state index is 0.109. The number of nitro benzene ring substituents is 1. The van der Waals surface area contributed by atoms with E-state index < -0.39 is 0 Å². The van der Waals surface area contributed by atoms with Crippen LogP contribution in [0.5, 0.6) is 0 Å². The van der Waals surface area contributed by atoms with Gasteiger partial charge in [-0.05, 0) is 24.5 Å². The zero-order chi connectivity index (χ0) is 13.7. The fourth-order valence-electron chi connectivity index (χ4n) is 1.75. The van der Waals surface area contributed by atoms with Gasteiger partial charge in [0.15, 0.2) is 0 Å². The van der Waals surface area contributed by atoms with Crippen LogP contribution >= 0.6 is 0 Å². The van der Waals surface area contributed by atoms with E-state index in [2.05, 4.69) is 19.2 Å². The van der Waals surface area contributed by atoms with E-state index in [0.29, 0.717) is 12.5 Å². The molecule has 0 aliphatic rings. The molecule has 1 aromatic rings. The highest BCUT2D eigenvalue weighted by atomic mass is 16.6. The maximum atomic E-state index is 10.8. The molecule has 1 N–H and O–H groups in total. The molecule has 1 rings (SSSR count). The lowest BCUT2D eigenvalue weighted by molar-refractivity contribution is -0.384. The number of aryl methyl sites for hydroxylation is 1. The van der Waals surface area contributed by atoms with Gasteiger partial charge in [-0.3, -0.25) is 10.1 Å². The summed E-state index contributed by atoms with van der Waals surface area (Å²) in [6.45, 7) is 6.58. The van der Waals surface area contributed by atoms with Crippen LogP contribution < -0.4 is 5.32 Å². The Kier molecular flexibility index (Phi) is 5.09. The summed E-state index contributed by atoms with van der Waals surface area (Å²) in [5, 5.41) is 14.1. The molecule has 5 nitrogen and oxygen atoms in total. The molecule has 0 fully saturated rings. The molecule has 0 saturated heterocycles. The average molecular weight is 252 g/mol. The molecule has 0 aromatic heterocycles. The van der Waals surface area contributed by atoms with E-state index in [1.165, 1.54) is 0 Å². The van der Waals surface area contributed by atoms with Crippen LogP contribution in [-0.2, 0) is 4.74 Å². The maximum Gasteiger partial charge on any atom is 0.271 e. The standard InChI is InChI=1S/C13H20N2O3/c1-9(2)13(8-18-4)14-11-5-10(3)6-12(7-11)15(16)17/h5-7,9,13-14H,8H2,1-4H3. The Balaban J connectivity index is 2.91. The van der Waals surface area contributed by atoms with Crippen molar-refractivity contribution >= 4 is 11.4 Å². The Bertz CT molecular complexity index is 419. The normalized spacial score (nSPS) is 12.5. The van der Waals surface area contributed by atoms with Gasteiger partial charge in [-0.2, -0.15) is 0 Å². The predicted molar refractivity (Wildman–Crippen MR) is 72.0 cm³/mol. The highest BCUT2D eigenvalue weighted by Gasteiger charge is 2.15. The number of nitro groups is 1. The van der Waals surface area contributed by atoms with Crippen LogP contribution in [0.1, 0.15) is 19.4 Å². The highest BCUT2D eigenvalue weighted by Crippen LogP contribution is 2.22. The quantitative estimate of drug-likeness (QED) is 0.624. The molecule has 0 heterocycles. The third kappa shape index (κ3) is 4.00. The summed E-state index contributed by atoms with van der Waals surface area (Å²) >= 11 is 0. The Labute approximate surface area is 107 Å². The van der Waals surface area contributed by atoms with Crippen LogP contribution in [0.4, 0.5) is 11.4 Å². The van der Waals surface area contributed by atoms with Crippen molar-refractivity contribution in [2.75, 3.05) is 19.0 Å². The lowest BCUT2D eigenvalue weighted by Gasteiger charge is -2.22. The second-order valence-electron chi connectivity index (χ2n) is 4.76. The second kappa shape index (κ2) is 6.35. The monoisotopic (exact) mass is 252 g/mol. The smallest absolute Gasteiger partial charge is 0.271 e. The second-order valence-corrected chi connectivity index (χ2v) is 4.76. The fourth-order valence-corrected chi connectivity index (χ4v) is 1.75. The molecule has 1 atom stereocenters. The minimum atomic E-state index is -0.376. The third-order valence-corrected chi connectivity index (χ3v) is 2.78. The molecule has 0 aliphatic heterocycles. The fraction of sp³-hybridized carbons (Fsp3) is 0.538. The average Bonchev–Trinajstić information content (AvgIpc) is 2.27. The number of ether oxygens (including phenoxy) is 1. The van der Waals surface area contributed by atoms with Gasteiger partial charge >= 0.3 is 0 Å². The predicted octanol–water partition coefficient (Wildman–Crippen LogP) is 2.99. The topological polar surface area (TPSA) is 64.4 Å². The number of rotatable bonds is 6. The first-order valence-corrected chi connectivity index (χ1v) is 5.95. The van der Waals surface area contributed by atoms with Crippen LogP contribution in [0.25, 0.3) is 0 Å². The lowest BCUT2D eigenvalue weighted by Crippen LogP contribution is -2.30. The molecule has 5 heteroatoms. The van der Waals surface area contributed by atoms with Gasteiger partial charge in [-0.1, -0.05) is 13.8 Å². The van der Waals surface area contributed by atoms with Crippen LogP contribution in [0.15, 0.2) is 18.2 Å². The number of anilines is 1. The molecule has 0 aliphatic carbocycles. The van der Waals surface area contributed by atoms with Gasteiger partial charge < -0.3 is 10.1 Å². The lowest BCUT2D eigenvalue weighted by atomic mass is 10.0. The number of benzene rings is 1. The molecule has 100 valence electrons. The van der Waals surface area contributed by atoms with Crippen LogP contribution in [0.3, 0.4) is 0 Å². The third-order valence-electron chi connectivity index (χ3n) is 2.78. The summed E-state index contributed by atoms with van der Waals surface area (Å²) in [5.74, 6) is 0.379. The minimum Gasteiger partial charge on any atom is -0.383 e. The van der Waals surface area contributed by atoms with E-state index in [1.807, 2.05) is 13.0 Å². The van der Waals surface area contributed by atoms with Crippen molar-refractivity contribution in [3.05, 3.63) is 33.9 Å². The molecule has 18 heavy (non-hydrogen) atoms. The van der Waals surface area contributed by atoms with Gasteiger partial charge in [0.1, 0.15) is 0 Å². The van der Waals surface area contributed by atoms with Crippen molar-refractivity contribution in [3.63, 3.8) is 0 Å². The number of nitrogens with one attached hydrogen (secondary N) is 1. The van der Waals surface area contributed by atoms with Crippen molar-refractivity contribution in [1.82, 2.24) is 0 Å². The molecule has 0 radical (unpaired) electrons. The van der Waals surface area contributed by atoms with E-state index >= 15 is 0 Å². The zero-order valence-corrected chi connectivity index (χ0v) is 11.3. The van der Waals surface area contributed by atoms with Gasteiger partial charge in [-0.25, -0.2) is 0 Å². The van der Waals surface area contributed by atoms with Gasteiger partial charge in [0.05, 0.1) is 17.6 Å². The van der Waals surface area contributed by atoms with Crippen LogP contribution in [-0.4, -0.2) is 24.7 Å². The maximum absolute atomic E-state index is 10.8. The van der Waals surface area contributed by atoms with Crippen LogP contribution in [0.2, 0.25) is 0 Å². The Morgan fingerprint density at radius 3 is 2.56 bits per heavy atom. The first-order valence-electron chi connectivity index (χ1n) is 5.95. The van der Waals surface area contributed by atoms with Crippen molar-refractivity contribution in [2.45, 2.75) is 26.8 Å². The summed E-state index contributed by atoms with van der Waals surface area (Å²) in [6, 6.07) is 5.15. The van der Waals surface area contributed by atoms with E-state index in [1.54, 1.807) is 19.2 Å². The van der Waals surface area contributed by atoms with E-state index in [-0.39, 0.29) is 16.7 Å². The first-order chi connectivity index (χ1) is 8.43. The van der Waals surface area contributed by atoms with Crippen molar-refractivity contribution in [2.24, 2.45) is 5.92 Å². The van der Waals surface area contributed by atoms with Crippen molar-refractivity contribution in [1.29, 1.82) is 0 Å². The zero-order valence-electron chi connectivity index (χ0n) is 11.3. The first kappa shape index (κ1) is 14.4. The Morgan fingerprint density at radius 1 is 1.39 bits per heavy atom. The molecule has 1 unspecified atom stereocenters. The van der Waals surface area contributed by atoms with E-state index in [0.717, 1.165) is 11.3 Å². The molecule has 0 spiro atoms. The molecule has 1 aromatic carbocycles. The van der Waals surface area contributed by atoms with E-state index in [9.17, 15) is 10.1 Å². The van der Waals surface area contributed by atoms with Gasteiger partial charge in [0.2, 0.25) is 0 Å². The number of hydrogen-bond acceptors (Lipinski definition) is 4. The Morgan fingerprint density at radius 2 is 2.06 bits per heavy atom. The molecule has 0 amide bonds. The number of nitrogens with zero attached hydrogens (tertiary/aromatic N) is 1.